The predicted molar refractivity (Wildman–Crippen MR) is 78.7 cm³/mol. The molecule has 0 aromatic heterocycles. The van der Waals surface area contributed by atoms with E-state index >= 15 is 0 Å². The standard InChI is InChI=1S/C12H8ClIO3S/c13-18(15,16)12-6-4-10(5-7-12)17-11-3-1-2-9(14)8-11/h1-8H. The Labute approximate surface area is 123 Å². The summed E-state index contributed by atoms with van der Waals surface area (Å²) in [6, 6.07) is 13.5. The van der Waals surface area contributed by atoms with Gasteiger partial charge in [0, 0.05) is 14.3 Å². The summed E-state index contributed by atoms with van der Waals surface area (Å²) in [4.78, 5) is 0.0548. The van der Waals surface area contributed by atoms with Crippen LogP contribution in [0.2, 0.25) is 0 Å². The van der Waals surface area contributed by atoms with Crippen LogP contribution in [0.4, 0.5) is 0 Å². The quantitative estimate of drug-likeness (QED) is 0.583. The van der Waals surface area contributed by atoms with Crippen LogP contribution in [0.3, 0.4) is 0 Å². The van der Waals surface area contributed by atoms with Crippen molar-refractivity contribution in [1.29, 1.82) is 0 Å². The molecule has 18 heavy (non-hydrogen) atoms. The molecule has 0 aliphatic heterocycles. The van der Waals surface area contributed by atoms with Crippen LogP contribution in [-0.2, 0) is 9.05 Å². The molecule has 0 bridgehead atoms. The third-order valence-electron chi connectivity index (χ3n) is 2.14. The summed E-state index contributed by atoms with van der Waals surface area (Å²) >= 11 is 2.19. The molecule has 0 atom stereocenters. The van der Waals surface area contributed by atoms with Crippen LogP contribution in [0.5, 0.6) is 11.5 Å². The van der Waals surface area contributed by atoms with E-state index in [-0.39, 0.29) is 4.90 Å². The van der Waals surface area contributed by atoms with Crippen LogP contribution < -0.4 is 4.74 Å². The third-order valence-corrected chi connectivity index (χ3v) is 4.18. The number of hydrogen-bond acceptors (Lipinski definition) is 3. The maximum Gasteiger partial charge on any atom is 0.261 e. The number of ether oxygens (including phenoxy) is 1. The topological polar surface area (TPSA) is 43.4 Å². The molecule has 3 nitrogen and oxygen atoms in total. The molecule has 0 unspecified atom stereocenters. The van der Waals surface area contributed by atoms with E-state index in [1.54, 1.807) is 12.1 Å². The Hall–Kier alpha value is -0.790. The molecule has 2 aromatic carbocycles. The van der Waals surface area contributed by atoms with E-state index in [0.29, 0.717) is 11.5 Å². The van der Waals surface area contributed by atoms with Crippen molar-refractivity contribution >= 4 is 42.3 Å². The van der Waals surface area contributed by atoms with Crippen molar-refractivity contribution < 1.29 is 13.2 Å². The van der Waals surface area contributed by atoms with Crippen LogP contribution in [0.1, 0.15) is 0 Å². The van der Waals surface area contributed by atoms with E-state index in [1.165, 1.54) is 12.1 Å². The SMILES string of the molecule is O=S(=O)(Cl)c1ccc(Oc2cccc(I)c2)cc1. The van der Waals surface area contributed by atoms with Gasteiger partial charge in [0.25, 0.3) is 9.05 Å². The van der Waals surface area contributed by atoms with Crippen LogP contribution in [0, 0.1) is 3.57 Å². The number of hydrogen-bond donors (Lipinski definition) is 0. The monoisotopic (exact) mass is 394 g/mol. The lowest BCUT2D eigenvalue weighted by Gasteiger charge is -2.06. The summed E-state index contributed by atoms with van der Waals surface area (Å²) in [7, 11) is 1.54. The van der Waals surface area contributed by atoms with E-state index in [9.17, 15) is 8.42 Å². The van der Waals surface area contributed by atoms with Crippen molar-refractivity contribution in [2.24, 2.45) is 0 Å². The Kier molecular flexibility index (Phi) is 4.14. The first-order valence-corrected chi connectivity index (χ1v) is 8.32. The summed E-state index contributed by atoms with van der Waals surface area (Å²) in [5.41, 5.74) is 0. The third kappa shape index (κ3) is 3.60. The first kappa shape index (κ1) is 13.6. The smallest absolute Gasteiger partial charge is 0.261 e. The van der Waals surface area contributed by atoms with Gasteiger partial charge in [0.05, 0.1) is 4.90 Å². The highest BCUT2D eigenvalue weighted by Crippen LogP contribution is 2.25. The molecule has 0 spiro atoms. The van der Waals surface area contributed by atoms with Crippen LogP contribution >= 0.6 is 33.3 Å². The lowest BCUT2D eigenvalue weighted by atomic mass is 10.3. The lowest BCUT2D eigenvalue weighted by Crippen LogP contribution is -1.90. The van der Waals surface area contributed by atoms with E-state index in [0.717, 1.165) is 3.57 Å². The minimum Gasteiger partial charge on any atom is -0.457 e. The van der Waals surface area contributed by atoms with Gasteiger partial charge in [-0.15, -0.1) is 0 Å². The van der Waals surface area contributed by atoms with E-state index in [4.69, 9.17) is 15.4 Å². The van der Waals surface area contributed by atoms with Gasteiger partial charge in [0.1, 0.15) is 11.5 Å². The molecule has 94 valence electrons. The molecule has 0 aliphatic carbocycles. The first-order valence-electron chi connectivity index (χ1n) is 4.93. The Bertz CT molecular complexity index is 653. The fourth-order valence-electron chi connectivity index (χ4n) is 1.34. The van der Waals surface area contributed by atoms with E-state index in [2.05, 4.69) is 22.6 Å². The van der Waals surface area contributed by atoms with Gasteiger partial charge in [-0.2, -0.15) is 0 Å². The highest BCUT2D eigenvalue weighted by molar-refractivity contribution is 14.1. The molecule has 0 radical (unpaired) electrons. The maximum atomic E-state index is 11.1. The summed E-state index contributed by atoms with van der Waals surface area (Å²) in [5, 5.41) is 0. The molecule has 0 fully saturated rings. The minimum absolute atomic E-state index is 0.0548. The van der Waals surface area contributed by atoms with Gasteiger partial charge in [-0.3, -0.25) is 0 Å². The number of rotatable bonds is 3. The minimum atomic E-state index is -3.68. The van der Waals surface area contributed by atoms with Crippen LogP contribution in [-0.4, -0.2) is 8.42 Å². The summed E-state index contributed by atoms with van der Waals surface area (Å²) in [5.74, 6) is 1.25. The Morgan fingerprint density at radius 2 is 1.67 bits per heavy atom. The lowest BCUT2D eigenvalue weighted by molar-refractivity contribution is 0.482. The molecule has 0 saturated carbocycles. The molecule has 2 aromatic rings. The first-order chi connectivity index (χ1) is 8.45. The summed E-state index contributed by atoms with van der Waals surface area (Å²) in [6.45, 7) is 0. The normalized spacial score (nSPS) is 11.2. The van der Waals surface area contributed by atoms with Gasteiger partial charge in [0.2, 0.25) is 0 Å². The van der Waals surface area contributed by atoms with Crippen LogP contribution in [0.15, 0.2) is 53.4 Å². The predicted octanol–water partition coefficient (Wildman–Crippen LogP) is 4.01. The zero-order chi connectivity index (χ0) is 13.2. The zero-order valence-electron chi connectivity index (χ0n) is 9.01. The number of benzene rings is 2. The Balaban J connectivity index is 2.21. The Morgan fingerprint density at radius 3 is 2.22 bits per heavy atom. The molecule has 6 heteroatoms. The molecule has 0 amide bonds. The molecule has 2 rings (SSSR count). The largest absolute Gasteiger partial charge is 0.457 e. The second-order valence-electron chi connectivity index (χ2n) is 3.47. The maximum absolute atomic E-state index is 11.1. The molecular formula is C12H8ClIO3S. The second-order valence-corrected chi connectivity index (χ2v) is 7.28. The van der Waals surface area contributed by atoms with Crippen LogP contribution in [0.25, 0.3) is 0 Å². The molecular weight excluding hydrogens is 387 g/mol. The molecule has 0 heterocycles. The molecule has 0 aliphatic rings. The van der Waals surface area contributed by atoms with Crippen molar-refractivity contribution in [2.45, 2.75) is 4.90 Å². The molecule has 0 saturated heterocycles. The summed E-state index contributed by atoms with van der Waals surface area (Å²) < 4.78 is 28.8. The zero-order valence-corrected chi connectivity index (χ0v) is 12.7. The van der Waals surface area contributed by atoms with E-state index < -0.39 is 9.05 Å². The summed E-state index contributed by atoms with van der Waals surface area (Å²) in [6.07, 6.45) is 0. The highest BCUT2D eigenvalue weighted by Gasteiger charge is 2.09. The van der Waals surface area contributed by atoms with Crippen molar-refractivity contribution in [2.75, 3.05) is 0 Å². The number of halogens is 2. The van der Waals surface area contributed by atoms with Gasteiger partial charge >= 0.3 is 0 Å². The van der Waals surface area contributed by atoms with Crippen molar-refractivity contribution in [1.82, 2.24) is 0 Å². The van der Waals surface area contributed by atoms with Gasteiger partial charge < -0.3 is 4.74 Å². The van der Waals surface area contributed by atoms with Crippen molar-refractivity contribution in [3.63, 3.8) is 0 Å². The average Bonchev–Trinajstić information content (AvgIpc) is 2.28. The van der Waals surface area contributed by atoms with E-state index in [1.807, 2.05) is 24.3 Å². The fraction of sp³-hybridized carbons (Fsp3) is 0. The van der Waals surface area contributed by atoms with Crippen molar-refractivity contribution in [3.05, 3.63) is 52.1 Å². The van der Waals surface area contributed by atoms with Crippen molar-refractivity contribution in [3.8, 4) is 11.5 Å². The second kappa shape index (κ2) is 5.46. The van der Waals surface area contributed by atoms with Gasteiger partial charge in [0.15, 0.2) is 0 Å². The Morgan fingerprint density at radius 1 is 1.00 bits per heavy atom. The average molecular weight is 395 g/mol. The highest BCUT2D eigenvalue weighted by atomic mass is 127. The fourth-order valence-corrected chi connectivity index (χ4v) is 2.62. The van der Waals surface area contributed by atoms with Gasteiger partial charge in [-0.05, 0) is 65.1 Å². The van der Waals surface area contributed by atoms with Gasteiger partial charge in [-0.1, -0.05) is 6.07 Å². The van der Waals surface area contributed by atoms with Gasteiger partial charge in [-0.25, -0.2) is 8.42 Å². The molecule has 0 N–H and O–H groups in total.